The molecule has 1 amide bonds. The maximum absolute atomic E-state index is 13.3. The largest absolute Gasteiger partial charge is 0.504 e. The van der Waals surface area contributed by atoms with E-state index in [1.807, 2.05) is 62.4 Å². The second-order valence-corrected chi connectivity index (χ2v) is 8.08. The van der Waals surface area contributed by atoms with Crippen molar-refractivity contribution in [3.63, 3.8) is 0 Å². The summed E-state index contributed by atoms with van der Waals surface area (Å²) in [5.74, 6) is -0.626. The van der Waals surface area contributed by atoms with Gasteiger partial charge in [0.2, 0.25) is 0 Å². The average Bonchev–Trinajstić information content (AvgIpc) is 2.99. The fourth-order valence-corrected chi connectivity index (χ4v) is 4.13. The minimum atomic E-state index is -0.232. The topological polar surface area (TPSA) is 73.1 Å². The molecule has 1 saturated heterocycles. The highest BCUT2D eigenvalue weighted by Crippen LogP contribution is 2.38. The second kappa shape index (κ2) is 8.08. The van der Waals surface area contributed by atoms with Crippen LogP contribution in [0.25, 0.3) is 6.08 Å². The van der Waals surface area contributed by atoms with Gasteiger partial charge in [-0.1, -0.05) is 30.3 Å². The monoisotopic (exact) mass is 416 g/mol. The molecule has 3 aromatic carbocycles. The van der Waals surface area contributed by atoms with Crippen molar-refractivity contribution in [2.24, 2.45) is 4.99 Å². The molecule has 1 aliphatic heterocycles. The molecule has 0 radical (unpaired) electrons. The van der Waals surface area contributed by atoms with E-state index in [1.54, 1.807) is 17.0 Å². The van der Waals surface area contributed by atoms with Crippen LogP contribution in [0.15, 0.2) is 76.6 Å². The Kier molecular flexibility index (Phi) is 5.33. The molecule has 0 atom stereocenters. The summed E-state index contributed by atoms with van der Waals surface area (Å²) in [6.45, 7) is 3.97. The Labute approximate surface area is 179 Å². The van der Waals surface area contributed by atoms with Gasteiger partial charge in [-0.05, 0) is 84.8 Å². The number of phenols is 2. The summed E-state index contributed by atoms with van der Waals surface area (Å²) < 4.78 is 0. The predicted octanol–water partition coefficient (Wildman–Crippen LogP) is 5.52. The zero-order chi connectivity index (χ0) is 21.3. The van der Waals surface area contributed by atoms with Crippen molar-refractivity contribution < 1.29 is 15.0 Å². The van der Waals surface area contributed by atoms with Crippen LogP contribution in [0.2, 0.25) is 0 Å². The van der Waals surface area contributed by atoms with E-state index in [4.69, 9.17) is 4.99 Å². The van der Waals surface area contributed by atoms with E-state index < -0.39 is 0 Å². The Morgan fingerprint density at radius 2 is 1.63 bits per heavy atom. The van der Waals surface area contributed by atoms with E-state index in [1.165, 1.54) is 23.9 Å². The van der Waals surface area contributed by atoms with Crippen LogP contribution >= 0.6 is 11.8 Å². The standard InChI is InChI=1S/C24H20N2O3S/c1-15-5-3-7-18(11-15)25-24-26(19-8-4-6-16(2)12-19)23(29)22(30-24)14-17-9-10-20(27)21(28)13-17/h3-14,27-28H,1-2H3. The molecular weight excluding hydrogens is 396 g/mol. The van der Waals surface area contributed by atoms with Crippen molar-refractivity contribution in [1.29, 1.82) is 0 Å². The summed E-state index contributed by atoms with van der Waals surface area (Å²) >= 11 is 1.28. The number of phenolic OH excluding ortho intramolecular Hbond substituents is 2. The first kappa shape index (κ1) is 19.8. The number of anilines is 1. The number of benzene rings is 3. The molecule has 0 saturated carbocycles. The maximum atomic E-state index is 13.3. The summed E-state index contributed by atoms with van der Waals surface area (Å²) in [6, 6.07) is 20.0. The molecular formula is C24H20N2O3S. The van der Waals surface area contributed by atoms with Gasteiger partial charge in [-0.25, -0.2) is 4.99 Å². The highest BCUT2D eigenvalue weighted by molar-refractivity contribution is 8.19. The van der Waals surface area contributed by atoms with Crippen LogP contribution in [0.1, 0.15) is 16.7 Å². The second-order valence-electron chi connectivity index (χ2n) is 7.07. The number of hydrogen-bond acceptors (Lipinski definition) is 5. The fourth-order valence-electron chi connectivity index (χ4n) is 3.13. The van der Waals surface area contributed by atoms with E-state index in [9.17, 15) is 15.0 Å². The zero-order valence-electron chi connectivity index (χ0n) is 16.5. The minimum Gasteiger partial charge on any atom is -0.504 e. The van der Waals surface area contributed by atoms with Gasteiger partial charge in [0, 0.05) is 0 Å². The van der Waals surface area contributed by atoms with E-state index >= 15 is 0 Å². The summed E-state index contributed by atoms with van der Waals surface area (Å²) in [5.41, 5.74) is 4.26. The highest BCUT2D eigenvalue weighted by atomic mass is 32.2. The third-order valence-corrected chi connectivity index (χ3v) is 5.56. The number of hydrogen-bond donors (Lipinski definition) is 2. The molecule has 1 fully saturated rings. The molecule has 150 valence electrons. The van der Waals surface area contributed by atoms with Crippen molar-refractivity contribution in [3.8, 4) is 11.5 Å². The number of nitrogens with zero attached hydrogens (tertiary/aromatic N) is 2. The Morgan fingerprint density at radius 3 is 2.33 bits per heavy atom. The third kappa shape index (κ3) is 4.09. The van der Waals surface area contributed by atoms with Crippen molar-refractivity contribution in [2.45, 2.75) is 13.8 Å². The van der Waals surface area contributed by atoms with Crippen LogP contribution in [0.5, 0.6) is 11.5 Å². The summed E-state index contributed by atoms with van der Waals surface area (Å²) in [5, 5.41) is 19.9. The van der Waals surface area contributed by atoms with Crippen LogP contribution in [0.4, 0.5) is 11.4 Å². The molecule has 0 aromatic heterocycles. The molecule has 4 rings (SSSR count). The minimum absolute atomic E-state index is 0.190. The van der Waals surface area contributed by atoms with Crippen molar-refractivity contribution in [1.82, 2.24) is 0 Å². The smallest absolute Gasteiger partial charge is 0.271 e. The Bertz CT molecular complexity index is 1200. The van der Waals surface area contributed by atoms with Gasteiger partial charge in [0.05, 0.1) is 16.3 Å². The molecule has 3 aromatic rings. The molecule has 0 bridgehead atoms. The Morgan fingerprint density at radius 1 is 0.900 bits per heavy atom. The lowest BCUT2D eigenvalue weighted by Gasteiger charge is -2.16. The lowest BCUT2D eigenvalue weighted by molar-refractivity contribution is -0.113. The molecule has 30 heavy (non-hydrogen) atoms. The molecule has 6 heteroatoms. The third-order valence-electron chi connectivity index (χ3n) is 4.59. The highest BCUT2D eigenvalue weighted by Gasteiger charge is 2.34. The fraction of sp³-hybridized carbons (Fsp3) is 0.0833. The molecule has 0 spiro atoms. The van der Waals surface area contributed by atoms with Gasteiger partial charge in [-0.2, -0.15) is 0 Å². The van der Waals surface area contributed by atoms with Gasteiger partial charge >= 0.3 is 0 Å². The van der Waals surface area contributed by atoms with Crippen LogP contribution in [0, 0.1) is 13.8 Å². The van der Waals surface area contributed by atoms with Crippen LogP contribution < -0.4 is 4.90 Å². The number of amides is 1. The van der Waals surface area contributed by atoms with E-state index in [0.29, 0.717) is 15.6 Å². The zero-order valence-corrected chi connectivity index (χ0v) is 17.4. The number of aliphatic imine (C=N–C) groups is 1. The Balaban J connectivity index is 1.79. The number of amidine groups is 1. The number of aromatic hydroxyl groups is 2. The van der Waals surface area contributed by atoms with Crippen LogP contribution in [-0.4, -0.2) is 21.3 Å². The van der Waals surface area contributed by atoms with Gasteiger partial charge in [0.25, 0.3) is 5.91 Å². The molecule has 0 aliphatic carbocycles. The summed E-state index contributed by atoms with van der Waals surface area (Å²) in [6.07, 6.45) is 1.69. The number of rotatable bonds is 3. The van der Waals surface area contributed by atoms with Crippen LogP contribution in [0.3, 0.4) is 0 Å². The lowest BCUT2D eigenvalue weighted by Crippen LogP contribution is -2.28. The molecule has 2 N–H and O–H groups in total. The first-order valence-corrected chi connectivity index (χ1v) is 10.2. The first-order chi connectivity index (χ1) is 14.4. The molecule has 1 aliphatic rings. The van der Waals surface area contributed by atoms with Crippen molar-refractivity contribution in [2.75, 3.05) is 4.90 Å². The van der Waals surface area contributed by atoms with Crippen molar-refractivity contribution >= 4 is 40.3 Å². The normalized spacial score (nSPS) is 16.6. The van der Waals surface area contributed by atoms with Crippen LogP contribution in [-0.2, 0) is 4.79 Å². The van der Waals surface area contributed by atoms with E-state index in [-0.39, 0.29) is 17.4 Å². The van der Waals surface area contributed by atoms with E-state index in [2.05, 4.69) is 0 Å². The molecule has 1 heterocycles. The SMILES string of the molecule is Cc1cccc(N=C2SC(=Cc3ccc(O)c(O)c3)C(=O)N2c2cccc(C)c2)c1. The number of thioether (sulfide) groups is 1. The number of carbonyl (C=O) groups is 1. The Hall–Kier alpha value is -3.51. The van der Waals surface area contributed by atoms with Gasteiger partial charge in [0.15, 0.2) is 16.7 Å². The number of carbonyl (C=O) groups excluding carboxylic acids is 1. The molecule has 0 unspecified atom stereocenters. The quantitative estimate of drug-likeness (QED) is 0.435. The first-order valence-electron chi connectivity index (χ1n) is 9.39. The van der Waals surface area contributed by atoms with E-state index in [0.717, 1.165) is 22.5 Å². The predicted molar refractivity (Wildman–Crippen MR) is 122 cm³/mol. The lowest BCUT2D eigenvalue weighted by atomic mass is 10.1. The van der Waals surface area contributed by atoms with Gasteiger partial charge in [-0.3, -0.25) is 9.69 Å². The molecule has 5 nitrogen and oxygen atoms in total. The van der Waals surface area contributed by atoms with Crippen molar-refractivity contribution in [3.05, 3.63) is 88.3 Å². The van der Waals surface area contributed by atoms with Gasteiger partial charge in [-0.15, -0.1) is 0 Å². The van der Waals surface area contributed by atoms with Gasteiger partial charge in [0.1, 0.15) is 0 Å². The number of aryl methyl sites for hydroxylation is 2. The summed E-state index contributed by atoms with van der Waals surface area (Å²) in [4.78, 5) is 20.1. The maximum Gasteiger partial charge on any atom is 0.271 e. The average molecular weight is 417 g/mol. The van der Waals surface area contributed by atoms with Gasteiger partial charge < -0.3 is 10.2 Å². The summed E-state index contributed by atoms with van der Waals surface area (Å²) in [7, 11) is 0.